The number of nitrogens with zero attached hydrogens (tertiary/aromatic N) is 3. The molecular weight excluding hydrogens is 618 g/mol. The number of benzene rings is 3. The topological polar surface area (TPSA) is 139 Å². The van der Waals surface area contributed by atoms with Crippen LogP contribution in [0.5, 0.6) is 11.5 Å². The van der Waals surface area contributed by atoms with Gasteiger partial charge in [0.15, 0.2) is 5.78 Å². The smallest absolute Gasteiger partial charge is 0.333 e. The number of Topliss-reactive ketones (excluding diaryl/α,β-unsaturated/α-hetero) is 1. The molecule has 0 aliphatic carbocycles. The van der Waals surface area contributed by atoms with Gasteiger partial charge in [-0.15, -0.1) is 15.0 Å². The number of ether oxygens (including phenoxy) is 3. The highest BCUT2D eigenvalue weighted by molar-refractivity contribution is 6.72. The van der Waals surface area contributed by atoms with Crippen LogP contribution in [0.15, 0.2) is 78.9 Å². The molecule has 0 amide bonds. The second-order valence-electron chi connectivity index (χ2n) is 12.3. The van der Waals surface area contributed by atoms with Crippen LogP contribution < -0.4 is 9.16 Å². The summed E-state index contributed by atoms with van der Waals surface area (Å²) in [6, 6.07) is 20.2. The number of rotatable bonds is 16. The summed E-state index contributed by atoms with van der Waals surface area (Å²) in [5, 5.41) is 19.2. The Balaban J connectivity index is 1.33. The van der Waals surface area contributed by atoms with Gasteiger partial charge in [0.05, 0.1) is 6.61 Å². The van der Waals surface area contributed by atoms with Gasteiger partial charge < -0.3 is 23.7 Å². The van der Waals surface area contributed by atoms with Crippen molar-refractivity contribution in [1.82, 2.24) is 15.0 Å². The SMILES string of the molecule is C=C(C)C(=O)OCCc1ccc(O[Si](C)(C)CCC(=O)OCCOc2ccc(C(=O)C(C)(C)O)cc2)c(-n2nc3ccccc3n2)c1. The fraction of sp³-hybridized carbons (Fsp3) is 0.343. The Kier molecular flexibility index (Phi) is 11.3. The first-order valence-electron chi connectivity index (χ1n) is 15.3. The largest absolute Gasteiger partial charge is 0.543 e. The molecule has 1 heterocycles. The fourth-order valence-corrected chi connectivity index (χ4v) is 6.18. The van der Waals surface area contributed by atoms with Crippen molar-refractivity contribution in [1.29, 1.82) is 0 Å². The molecule has 0 saturated heterocycles. The third-order valence-corrected chi connectivity index (χ3v) is 9.33. The average Bonchev–Trinajstić information content (AvgIpc) is 3.46. The van der Waals surface area contributed by atoms with Crippen LogP contribution in [-0.4, -0.2) is 71.6 Å². The normalized spacial score (nSPS) is 11.6. The maximum absolute atomic E-state index is 12.6. The lowest BCUT2D eigenvalue weighted by Crippen LogP contribution is -2.35. The summed E-state index contributed by atoms with van der Waals surface area (Å²) < 4.78 is 22.8. The van der Waals surface area contributed by atoms with Crippen molar-refractivity contribution in [3.8, 4) is 17.2 Å². The standard InChI is InChI=1S/C35H41N3O8Si/c1-24(2)34(41)45-19-17-25-11-16-31(30(23-25)38-36-28-9-7-8-10-29(28)37-38)46-47(5,6)22-18-32(39)44-21-20-43-27-14-12-26(13-15-27)33(40)35(3,4)42/h7-16,23,42H,1,17-22H2,2-6H3. The predicted molar refractivity (Wildman–Crippen MR) is 179 cm³/mol. The van der Waals surface area contributed by atoms with E-state index in [1.807, 2.05) is 55.6 Å². The molecule has 0 aliphatic rings. The predicted octanol–water partition coefficient (Wildman–Crippen LogP) is 5.63. The summed E-state index contributed by atoms with van der Waals surface area (Å²) in [6.07, 6.45) is 0.662. The van der Waals surface area contributed by atoms with E-state index in [9.17, 15) is 19.5 Å². The highest BCUT2D eigenvalue weighted by Gasteiger charge is 2.28. The molecule has 1 N–H and O–H groups in total. The zero-order valence-corrected chi connectivity index (χ0v) is 28.4. The van der Waals surface area contributed by atoms with Crippen molar-refractivity contribution in [2.75, 3.05) is 19.8 Å². The number of aliphatic hydroxyl groups is 1. The molecule has 47 heavy (non-hydrogen) atoms. The third kappa shape index (κ3) is 10.1. The first-order chi connectivity index (χ1) is 22.2. The molecule has 0 atom stereocenters. The molecule has 12 heteroatoms. The van der Waals surface area contributed by atoms with E-state index in [4.69, 9.17) is 18.6 Å². The maximum atomic E-state index is 12.6. The first kappa shape index (κ1) is 35.0. The zero-order chi connectivity index (χ0) is 34.2. The molecule has 0 aliphatic heterocycles. The summed E-state index contributed by atoms with van der Waals surface area (Å²) >= 11 is 0. The first-order valence-corrected chi connectivity index (χ1v) is 18.5. The van der Waals surface area contributed by atoms with Gasteiger partial charge in [0.2, 0.25) is 8.32 Å². The van der Waals surface area contributed by atoms with Crippen LogP contribution >= 0.6 is 0 Å². The molecule has 1 aromatic heterocycles. The second kappa shape index (κ2) is 15.2. The molecule has 3 aromatic carbocycles. The fourth-order valence-electron chi connectivity index (χ4n) is 4.51. The molecule has 4 rings (SSSR count). The maximum Gasteiger partial charge on any atom is 0.333 e. The van der Waals surface area contributed by atoms with Crippen molar-refractivity contribution >= 4 is 37.1 Å². The lowest BCUT2D eigenvalue weighted by molar-refractivity contribution is -0.144. The molecule has 0 spiro atoms. The van der Waals surface area contributed by atoms with Crippen LogP contribution in [0.25, 0.3) is 16.7 Å². The van der Waals surface area contributed by atoms with Crippen molar-refractivity contribution in [3.05, 3.63) is 90.0 Å². The van der Waals surface area contributed by atoms with Gasteiger partial charge in [0.25, 0.3) is 0 Å². The molecule has 0 bridgehead atoms. The third-order valence-electron chi connectivity index (χ3n) is 7.10. The molecule has 0 saturated carbocycles. The minimum Gasteiger partial charge on any atom is -0.543 e. The average molecular weight is 660 g/mol. The number of hydrogen-bond donors (Lipinski definition) is 1. The second-order valence-corrected chi connectivity index (χ2v) is 16.5. The molecular formula is C35H41N3O8Si. The van der Waals surface area contributed by atoms with E-state index in [-0.39, 0.29) is 38.0 Å². The number of esters is 2. The number of hydrogen-bond acceptors (Lipinski definition) is 10. The molecule has 0 radical (unpaired) electrons. The Morgan fingerprint density at radius 1 is 0.915 bits per heavy atom. The zero-order valence-electron chi connectivity index (χ0n) is 27.4. The lowest BCUT2D eigenvalue weighted by Gasteiger charge is -2.25. The molecule has 11 nitrogen and oxygen atoms in total. The van der Waals surface area contributed by atoms with E-state index in [1.54, 1.807) is 36.0 Å². The van der Waals surface area contributed by atoms with Crippen molar-refractivity contribution in [3.63, 3.8) is 0 Å². The van der Waals surface area contributed by atoms with Crippen molar-refractivity contribution in [2.45, 2.75) is 58.4 Å². The summed E-state index contributed by atoms with van der Waals surface area (Å²) in [5.74, 6) is -0.0707. The van der Waals surface area contributed by atoms with Crippen LogP contribution in [0.4, 0.5) is 0 Å². The Morgan fingerprint density at radius 3 is 2.19 bits per heavy atom. The summed E-state index contributed by atoms with van der Waals surface area (Å²) in [6.45, 7) is 12.6. The van der Waals surface area contributed by atoms with E-state index >= 15 is 0 Å². The Morgan fingerprint density at radius 2 is 1.57 bits per heavy atom. The minimum atomic E-state index is -2.43. The van der Waals surface area contributed by atoms with Gasteiger partial charge in [0.1, 0.15) is 47.0 Å². The minimum absolute atomic E-state index is 0.0673. The van der Waals surface area contributed by atoms with E-state index in [0.29, 0.717) is 40.8 Å². The summed E-state index contributed by atoms with van der Waals surface area (Å²) in [4.78, 5) is 38.1. The number of ketones is 1. The van der Waals surface area contributed by atoms with Gasteiger partial charge in [-0.05, 0) is 94.0 Å². The van der Waals surface area contributed by atoms with Crippen molar-refractivity contribution < 1.29 is 38.1 Å². The van der Waals surface area contributed by atoms with Crippen molar-refractivity contribution in [2.24, 2.45) is 0 Å². The van der Waals surface area contributed by atoms with Gasteiger partial charge in [0, 0.05) is 24.0 Å². The lowest BCUT2D eigenvalue weighted by atomic mass is 9.97. The van der Waals surface area contributed by atoms with Crippen LogP contribution in [0.3, 0.4) is 0 Å². The number of fused-ring (bicyclic) bond motifs is 1. The Hall–Kier alpha value is -4.81. The van der Waals surface area contributed by atoms with E-state index in [1.165, 1.54) is 13.8 Å². The van der Waals surface area contributed by atoms with E-state index in [0.717, 1.165) is 16.6 Å². The van der Waals surface area contributed by atoms with Crippen LogP contribution in [0.1, 0.15) is 43.1 Å². The monoisotopic (exact) mass is 659 g/mol. The quantitative estimate of drug-likeness (QED) is 0.0529. The van der Waals surface area contributed by atoms with Gasteiger partial charge in [-0.3, -0.25) is 9.59 Å². The molecule has 0 fully saturated rings. The molecule has 0 unspecified atom stereocenters. The highest BCUT2D eigenvalue weighted by atomic mass is 28.4. The Bertz CT molecular complexity index is 1710. The van der Waals surface area contributed by atoms with Crippen LogP contribution in [-0.2, 0) is 25.5 Å². The molecule has 248 valence electrons. The van der Waals surface area contributed by atoms with Gasteiger partial charge in [-0.1, -0.05) is 24.8 Å². The van der Waals surface area contributed by atoms with Gasteiger partial charge in [-0.2, -0.15) is 0 Å². The Labute approximate surface area is 275 Å². The number of carbonyl (C=O) groups is 3. The van der Waals surface area contributed by atoms with Gasteiger partial charge >= 0.3 is 11.9 Å². The summed E-state index contributed by atoms with van der Waals surface area (Å²) in [5.41, 5.74) is 2.29. The highest BCUT2D eigenvalue weighted by Crippen LogP contribution is 2.29. The number of aromatic nitrogens is 3. The van der Waals surface area contributed by atoms with Crippen LogP contribution in [0, 0.1) is 0 Å². The van der Waals surface area contributed by atoms with Gasteiger partial charge in [-0.25, -0.2) is 4.79 Å². The molecule has 4 aromatic rings. The van der Waals surface area contributed by atoms with E-state index in [2.05, 4.69) is 16.8 Å². The number of carbonyl (C=O) groups excluding carboxylic acids is 3. The van der Waals surface area contributed by atoms with Crippen LogP contribution in [0.2, 0.25) is 19.1 Å². The van der Waals surface area contributed by atoms with E-state index < -0.39 is 19.9 Å². The summed E-state index contributed by atoms with van der Waals surface area (Å²) in [7, 11) is -2.43.